The van der Waals surface area contributed by atoms with Crippen molar-refractivity contribution >= 4 is 29.9 Å². The second kappa shape index (κ2) is 9.21. The van der Waals surface area contributed by atoms with E-state index in [1.807, 2.05) is 6.92 Å². The maximum atomic E-state index is 11.9. The zero-order valence-electron chi connectivity index (χ0n) is 13.3. The Labute approximate surface area is 139 Å². The van der Waals surface area contributed by atoms with E-state index in [-0.39, 0.29) is 29.6 Å². The predicted molar refractivity (Wildman–Crippen MR) is 86.9 cm³/mol. The van der Waals surface area contributed by atoms with Gasteiger partial charge in [0.2, 0.25) is 5.91 Å². The molecule has 0 aromatic heterocycles. The van der Waals surface area contributed by atoms with Crippen molar-refractivity contribution < 1.29 is 24.6 Å². The van der Waals surface area contributed by atoms with E-state index in [1.54, 1.807) is 11.9 Å². The van der Waals surface area contributed by atoms with Crippen LogP contribution in [0.4, 0.5) is 0 Å². The molecule has 23 heavy (non-hydrogen) atoms. The fourth-order valence-corrected chi connectivity index (χ4v) is 4.25. The van der Waals surface area contributed by atoms with Crippen LogP contribution in [0.5, 0.6) is 0 Å². The molecule has 0 radical (unpaired) electrons. The highest BCUT2D eigenvalue weighted by Crippen LogP contribution is 2.36. The topological polar surface area (TPSA) is 133 Å². The number of aldehydes is 1. The number of hydrogen-bond acceptors (Lipinski definition) is 7. The number of nitrogens with one attached hydrogen (secondary N) is 1. The normalized spacial score (nSPS) is 27.4. The van der Waals surface area contributed by atoms with Gasteiger partial charge < -0.3 is 26.1 Å². The number of hydrogen-bond donors (Lipinski definition) is 4. The summed E-state index contributed by atoms with van der Waals surface area (Å²) in [5, 5.41) is 21.1. The van der Waals surface area contributed by atoms with Gasteiger partial charge in [-0.3, -0.25) is 14.5 Å². The SMILES string of the molecule is CC1SC(C(CO)NC(=O)CCCC(N)C=O)N(C)C1C(=O)O. The molecule has 0 saturated carbocycles. The van der Waals surface area contributed by atoms with Gasteiger partial charge in [-0.25, -0.2) is 0 Å². The molecule has 5 unspecified atom stereocenters. The minimum absolute atomic E-state index is 0.140. The lowest BCUT2D eigenvalue weighted by molar-refractivity contribution is -0.142. The Balaban J connectivity index is 2.55. The molecule has 0 aromatic carbocycles. The Kier molecular flexibility index (Phi) is 7.97. The predicted octanol–water partition coefficient (Wildman–Crippen LogP) is -0.994. The molecule has 1 saturated heterocycles. The smallest absolute Gasteiger partial charge is 0.322 e. The third-order valence-corrected chi connectivity index (χ3v) is 5.52. The largest absolute Gasteiger partial charge is 0.480 e. The van der Waals surface area contributed by atoms with Gasteiger partial charge in [0.25, 0.3) is 0 Å². The second-order valence-corrected chi connectivity index (χ2v) is 7.23. The summed E-state index contributed by atoms with van der Waals surface area (Å²) in [6, 6.07) is -1.77. The van der Waals surface area contributed by atoms with Gasteiger partial charge >= 0.3 is 5.97 Å². The lowest BCUT2D eigenvalue weighted by Gasteiger charge is -2.29. The Morgan fingerprint density at radius 2 is 2.13 bits per heavy atom. The van der Waals surface area contributed by atoms with E-state index in [2.05, 4.69) is 5.32 Å². The highest BCUT2D eigenvalue weighted by Gasteiger charge is 2.44. The third-order valence-electron chi connectivity index (χ3n) is 3.90. The van der Waals surface area contributed by atoms with E-state index in [1.165, 1.54) is 11.8 Å². The molecule has 0 bridgehead atoms. The van der Waals surface area contributed by atoms with Crippen molar-refractivity contribution in [2.45, 2.75) is 54.9 Å². The Morgan fingerprint density at radius 3 is 2.61 bits per heavy atom. The number of carboxylic acids is 1. The van der Waals surface area contributed by atoms with Gasteiger partial charge in [-0.1, -0.05) is 6.92 Å². The summed E-state index contributed by atoms with van der Waals surface area (Å²) in [6.45, 7) is 1.54. The first-order valence-electron chi connectivity index (χ1n) is 7.53. The summed E-state index contributed by atoms with van der Waals surface area (Å²) in [5.41, 5.74) is 5.46. The number of carboxylic acid groups (broad SMARTS) is 1. The van der Waals surface area contributed by atoms with Crippen LogP contribution in [-0.2, 0) is 14.4 Å². The van der Waals surface area contributed by atoms with E-state index in [9.17, 15) is 24.6 Å². The maximum Gasteiger partial charge on any atom is 0.322 e. The van der Waals surface area contributed by atoms with E-state index in [0.29, 0.717) is 19.1 Å². The van der Waals surface area contributed by atoms with Crippen LogP contribution in [0.1, 0.15) is 26.2 Å². The average molecular weight is 347 g/mol. The Bertz CT molecular complexity index is 437. The van der Waals surface area contributed by atoms with Crippen molar-refractivity contribution in [2.75, 3.05) is 13.7 Å². The number of nitrogens with two attached hydrogens (primary N) is 1. The maximum absolute atomic E-state index is 11.9. The van der Waals surface area contributed by atoms with Crippen LogP contribution in [0.15, 0.2) is 0 Å². The standard InChI is InChI=1S/C14H25N3O5S/c1-8-12(14(21)22)17(2)13(23-8)10(7-19)16-11(20)5-3-4-9(15)6-18/h6,8-10,12-13,19H,3-5,7,15H2,1-2H3,(H,16,20)(H,21,22). The van der Waals surface area contributed by atoms with Crippen LogP contribution in [0, 0.1) is 0 Å². The van der Waals surface area contributed by atoms with Gasteiger partial charge in [0.15, 0.2) is 0 Å². The molecule has 0 spiro atoms. The summed E-state index contributed by atoms with van der Waals surface area (Å²) >= 11 is 1.42. The zero-order valence-corrected chi connectivity index (χ0v) is 14.2. The first kappa shape index (κ1) is 19.9. The van der Waals surface area contributed by atoms with E-state index in [0.717, 1.165) is 0 Å². The van der Waals surface area contributed by atoms with Crippen molar-refractivity contribution in [3.05, 3.63) is 0 Å². The Hall–Kier alpha value is -1.16. The lowest BCUT2D eigenvalue weighted by Crippen LogP contribution is -2.52. The molecule has 1 aliphatic rings. The van der Waals surface area contributed by atoms with Gasteiger partial charge in [0.1, 0.15) is 12.3 Å². The molecule has 5 atom stereocenters. The average Bonchev–Trinajstić information content (AvgIpc) is 2.79. The van der Waals surface area contributed by atoms with Crippen LogP contribution in [0.25, 0.3) is 0 Å². The van der Waals surface area contributed by atoms with E-state index in [4.69, 9.17) is 5.73 Å². The first-order chi connectivity index (χ1) is 10.8. The van der Waals surface area contributed by atoms with Crippen LogP contribution in [0.3, 0.4) is 0 Å². The number of carbonyl (C=O) groups is 3. The van der Waals surface area contributed by atoms with Gasteiger partial charge in [-0.15, -0.1) is 11.8 Å². The third kappa shape index (κ3) is 5.45. The zero-order chi connectivity index (χ0) is 17.6. The fraction of sp³-hybridized carbons (Fsp3) is 0.786. The summed E-state index contributed by atoms with van der Waals surface area (Å²) in [5.74, 6) is -1.16. The number of rotatable bonds is 9. The molecular weight excluding hydrogens is 322 g/mol. The number of aliphatic hydroxyl groups is 1. The minimum Gasteiger partial charge on any atom is -0.480 e. The van der Waals surface area contributed by atoms with Gasteiger partial charge in [0, 0.05) is 11.7 Å². The van der Waals surface area contributed by atoms with Crippen molar-refractivity contribution in [1.82, 2.24) is 10.2 Å². The number of carbonyl (C=O) groups excluding carboxylic acids is 2. The second-order valence-electron chi connectivity index (χ2n) is 5.73. The van der Waals surface area contributed by atoms with Crippen molar-refractivity contribution in [3.8, 4) is 0 Å². The molecule has 0 aliphatic carbocycles. The highest BCUT2D eigenvalue weighted by molar-refractivity contribution is 8.00. The van der Waals surface area contributed by atoms with Crippen molar-refractivity contribution in [2.24, 2.45) is 5.73 Å². The van der Waals surface area contributed by atoms with Crippen LogP contribution in [-0.4, -0.2) is 75.7 Å². The lowest BCUT2D eigenvalue weighted by atomic mass is 10.1. The number of nitrogens with zero attached hydrogens (tertiary/aromatic N) is 1. The molecule has 132 valence electrons. The van der Waals surface area contributed by atoms with Crippen molar-refractivity contribution in [1.29, 1.82) is 0 Å². The number of aliphatic carboxylic acids is 1. The molecule has 1 rings (SSSR count). The van der Waals surface area contributed by atoms with Crippen LogP contribution >= 0.6 is 11.8 Å². The minimum atomic E-state index is -0.916. The van der Waals surface area contributed by atoms with Crippen LogP contribution in [0.2, 0.25) is 0 Å². The van der Waals surface area contributed by atoms with Gasteiger partial charge in [0.05, 0.1) is 24.1 Å². The fourth-order valence-electron chi connectivity index (χ4n) is 2.69. The molecule has 1 heterocycles. The molecule has 8 nitrogen and oxygen atoms in total. The van der Waals surface area contributed by atoms with E-state index < -0.39 is 24.1 Å². The Morgan fingerprint density at radius 1 is 1.48 bits per heavy atom. The molecule has 1 aliphatic heterocycles. The number of likely N-dealkylation sites (N-methyl/N-ethyl adjacent to an activating group) is 1. The number of amides is 1. The van der Waals surface area contributed by atoms with Gasteiger partial charge in [-0.05, 0) is 19.9 Å². The molecule has 9 heteroatoms. The van der Waals surface area contributed by atoms with Crippen LogP contribution < -0.4 is 11.1 Å². The number of aliphatic hydroxyl groups excluding tert-OH is 1. The highest BCUT2D eigenvalue weighted by atomic mass is 32.2. The van der Waals surface area contributed by atoms with Crippen molar-refractivity contribution in [3.63, 3.8) is 0 Å². The summed E-state index contributed by atoms with van der Waals surface area (Å²) in [4.78, 5) is 35.3. The molecule has 1 amide bonds. The molecule has 0 aromatic rings. The summed E-state index contributed by atoms with van der Waals surface area (Å²) < 4.78 is 0. The quantitative estimate of drug-likeness (QED) is 0.391. The molecule has 5 N–H and O–H groups in total. The number of thioether (sulfide) groups is 1. The monoisotopic (exact) mass is 347 g/mol. The van der Waals surface area contributed by atoms with E-state index >= 15 is 0 Å². The van der Waals surface area contributed by atoms with Gasteiger partial charge in [-0.2, -0.15) is 0 Å². The summed E-state index contributed by atoms with van der Waals surface area (Å²) in [7, 11) is 1.68. The molecule has 1 fully saturated rings. The first-order valence-corrected chi connectivity index (χ1v) is 8.47. The summed E-state index contributed by atoms with van der Waals surface area (Å²) in [6.07, 6.45) is 1.76. The molecular formula is C14H25N3O5S.